The summed E-state index contributed by atoms with van der Waals surface area (Å²) in [5.41, 5.74) is 0.561. The molecule has 1 heterocycles. The number of ether oxygens (including phenoxy) is 3. The third-order valence-electron chi connectivity index (χ3n) is 4.47. The van der Waals surface area contributed by atoms with Gasteiger partial charge in [-0.15, -0.1) is 0 Å². The average molecular weight is 442 g/mol. The molecule has 0 saturated heterocycles. The number of rotatable bonds is 9. The zero-order valence-electron chi connectivity index (χ0n) is 17.6. The Morgan fingerprint density at radius 3 is 2.65 bits per heavy atom. The number of hydrogen-bond donors (Lipinski definition) is 1. The van der Waals surface area contributed by atoms with E-state index in [4.69, 9.17) is 14.1 Å². The van der Waals surface area contributed by atoms with Crippen LogP contribution in [-0.2, 0) is 25.4 Å². The molecular weight excluding hydrogens is 417 g/mol. The maximum atomic E-state index is 12.9. The van der Waals surface area contributed by atoms with Crippen molar-refractivity contribution in [3.8, 4) is 5.75 Å². The minimum Gasteiger partial charge on any atom is -0.535 e. The Morgan fingerprint density at radius 1 is 1.29 bits per heavy atom. The molecule has 1 aromatic carbocycles. The quantitative estimate of drug-likeness (QED) is 0.352. The van der Waals surface area contributed by atoms with Crippen molar-refractivity contribution < 1.29 is 47.1 Å². The summed E-state index contributed by atoms with van der Waals surface area (Å²) in [6.07, 6.45) is -2.16. The molecule has 0 unspecified atom stereocenters. The summed E-state index contributed by atoms with van der Waals surface area (Å²) in [6, 6.07) is 4.64. The molecule has 0 amide bonds. The number of alkyl halides is 2. The van der Waals surface area contributed by atoms with E-state index in [-0.39, 0.29) is 30.6 Å². The van der Waals surface area contributed by atoms with Gasteiger partial charge in [-0.2, -0.15) is 0 Å². The summed E-state index contributed by atoms with van der Waals surface area (Å²) in [5, 5.41) is 10.3. The van der Waals surface area contributed by atoms with Gasteiger partial charge in [0, 0.05) is 25.1 Å². The van der Waals surface area contributed by atoms with Gasteiger partial charge in [0.05, 0.1) is 6.10 Å². The molecule has 2 rings (SSSR count). The van der Waals surface area contributed by atoms with Crippen molar-refractivity contribution in [1.82, 2.24) is 0 Å². The van der Waals surface area contributed by atoms with E-state index >= 15 is 0 Å². The monoisotopic (exact) mass is 442 g/mol. The van der Waals surface area contributed by atoms with Gasteiger partial charge in [0.2, 0.25) is 12.7 Å². The van der Waals surface area contributed by atoms with Crippen LogP contribution in [0.1, 0.15) is 56.0 Å². The summed E-state index contributed by atoms with van der Waals surface area (Å²) in [7, 11) is -1.40. The second kappa shape index (κ2) is 10.6. The molecule has 1 aliphatic heterocycles. The number of carbonyl (C=O) groups is 3. The third kappa shape index (κ3) is 7.82. The number of ketones is 1. The lowest BCUT2D eigenvalue weighted by Crippen LogP contribution is -2.36. The van der Waals surface area contributed by atoms with Gasteiger partial charge in [-0.1, -0.05) is 12.1 Å². The van der Waals surface area contributed by atoms with E-state index in [1.165, 1.54) is 6.07 Å². The van der Waals surface area contributed by atoms with E-state index in [1.807, 2.05) is 0 Å². The van der Waals surface area contributed by atoms with Crippen LogP contribution in [0.15, 0.2) is 18.2 Å². The molecule has 0 fully saturated rings. The number of Topliss-reactive ketones (excluding diaryl/α,β-unsaturated/α-hetero) is 1. The summed E-state index contributed by atoms with van der Waals surface area (Å²) >= 11 is 0. The Bertz CT molecular complexity index is 809. The fraction of sp³-hybridized carbons (Fsp3) is 0.550. The highest BCUT2D eigenvalue weighted by Gasteiger charge is 2.38. The molecule has 0 saturated carbocycles. The number of hydrogen-bond acceptors (Lipinski definition) is 8. The summed E-state index contributed by atoms with van der Waals surface area (Å²) < 4.78 is 45.6. The molecule has 0 spiro atoms. The first-order valence-electron chi connectivity index (χ1n) is 9.83. The minimum absolute atomic E-state index is 0.00720. The summed E-state index contributed by atoms with van der Waals surface area (Å²) in [5.74, 6) is -4.73. The molecular formula is C20H25BF2O8. The SMILES string of the molecule is CC(C)OC(=O)OCOC(=O)c1cccc2c1OB(O)[C@@H](CC(=O)CCC(C)(F)F)C2. The highest BCUT2D eigenvalue weighted by atomic mass is 19.3. The highest BCUT2D eigenvalue weighted by Crippen LogP contribution is 2.37. The number of carbonyl (C=O) groups excluding carboxylic acids is 3. The Balaban J connectivity index is 1.97. The largest absolute Gasteiger partial charge is 0.535 e. The highest BCUT2D eigenvalue weighted by molar-refractivity contribution is 6.47. The summed E-state index contributed by atoms with van der Waals surface area (Å²) in [6.45, 7) is 3.34. The molecule has 1 aromatic rings. The van der Waals surface area contributed by atoms with Gasteiger partial charge >= 0.3 is 19.2 Å². The van der Waals surface area contributed by atoms with Crippen LogP contribution >= 0.6 is 0 Å². The second-order valence-electron chi connectivity index (χ2n) is 7.69. The molecule has 0 aliphatic carbocycles. The number of fused-ring (bicyclic) bond motifs is 1. The van der Waals surface area contributed by atoms with Gasteiger partial charge in [-0.3, -0.25) is 4.79 Å². The first-order valence-corrected chi connectivity index (χ1v) is 9.83. The third-order valence-corrected chi connectivity index (χ3v) is 4.47. The van der Waals surface area contributed by atoms with Crippen LogP contribution in [0.3, 0.4) is 0 Å². The number of para-hydroxylation sites is 1. The van der Waals surface area contributed by atoms with E-state index in [9.17, 15) is 28.2 Å². The first-order chi connectivity index (χ1) is 14.5. The lowest BCUT2D eigenvalue weighted by atomic mass is 9.64. The molecule has 1 atom stereocenters. The average Bonchev–Trinajstić information content (AvgIpc) is 2.65. The molecule has 8 nitrogen and oxygen atoms in total. The van der Waals surface area contributed by atoms with Crippen LogP contribution in [0.25, 0.3) is 0 Å². The summed E-state index contributed by atoms with van der Waals surface area (Å²) in [4.78, 5) is 35.6. The molecule has 1 N–H and O–H groups in total. The van der Waals surface area contributed by atoms with Crippen molar-refractivity contribution in [2.24, 2.45) is 0 Å². The van der Waals surface area contributed by atoms with Crippen molar-refractivity contribution in [3.63, 3.8) is 0 Å². The topological polar surface area (TPSA) is 108 Å². The fourth-order valence-electron chi connectivity index (χ4n) is 3.01. The van der Waals surface area contributed by atoms with E-state index in [0.717, 1.165) is 6.92 Å². The van der Waals surface area contributed by atoms with Crippen molar-refractivity contribution in [1.29, 1.82) is 0 Å². The van der Waals surface area contributed by atoms with Crippen LogP contribution in [0.2, 0.25) is 5.82 Å². The minimum atomic E-state index is -2.94. The Kier molecular flexibility index (Phi) is 8.38. The Morgan fingerprint density at radius 2 is 2.00 bits per heavy atom. The number of esters is 1. The maximum absolute atomic E-state index is 12.9. The first kappa shape index (κ1) is 24.6. The Labute approximate surface area is 178 Å². The molecule has 0 radical (unpaired) electrons. The Hall–Kier alpha value is -2.69. The molecule has 0 aromatic heterocycles. The predicted molar refractivity (Wildman–Crippen MR) is 105 cm³/mol. The van der Waals surface area contributed by atoms with Gasteiger partial charge < -0.3 is 23.9 Å². The van der Waals surface area contributed by atoms with Crippen LogP contribution in [0.4, 0.5) is 13.6 Å². The van der Waals surface area contributed by atoms with Gasteiger partial charge in [-0.05, 0) is 38.8 Å². The van der Waals surface area contributed by atoms with Crippen LogP contribution in [0.5, 0.6) is 5.75 Å². The smallest absolute Gasteiger partial charge is 0.526 e. The van der Waals surface area contributed by atoms with Gasteiger partial charge in [0.25, 0.3) is 0 Å². The van der Waals surface area contributed by atoms with E-state index in [0.29, 0.717) is 5.56 Å². The zero-order chi connectivity index (χ0) is 23.2. The van der Waals surface area contributed by atoms with Crippen LogP contribution in [0, 0.1) is 0 Å². The lowest BCUT2D eigenvalue weighted by molar-refractivity contribution is -0.121. The number of benzene rings is 1. The standard InChI is InChI=1S/C20H25BF2O8/c1-12(2)30-19(26)29-11-28-18(25)16-6-4-5-13-9-14(21(27)31-17(13)16)10-15(24)7-8-20(3,22)23/h4-6,12,14,27H,7-11H2,1-3H3/t14-/m1/s1. The fourth-order valence-corrected chi connectivity index (χ4v) is 3.01. The van der Waals surface area contributed by atoms with E-state index < -0.39 is 56.1 Å². The molecule has 31 heavy (non-hydrogen) atoms. The van der Waals surface area contributed by atoms with E-state index in [1.54, 1.807) is 26.0 Å². The van der Waals surface area contributed by atoms with Crippen molar-refractivity contribution in [2.45, 2.75) is 64.3 Å². The number of halogens is 2. The van der Waals surface area contributed by atoms with Gasteiger partial charge in [-0.25, -0.2) is 18.4 Å². The normalized spacial score (nSPS) is 15.7. The maximum Gasteiger partial charge on any atom is 0.526 e. The molecule has 11 heteroatoms. The second-order valence-corrected chi connectivity index (χ2v) is 7.69. The molecule has 0 bridgehead atoms. The molecule has 170 valence electrons. The van der Waals surface area contributed by atoms with Crippen molar-refractivity contribution in [3.05, 3.63) is 29.3 Å². The van der Waals surface area contributed by atoms with Crippen molar-refractivity contribution in [2.75, 3.05) is 6.79 Å². The van der Waals surface area contributed by atoms with Gasteiger partial charge in [0.1, 0.15) is 17.1 Å². The van der Waals surface area contributed by atoms with E-state index in [2.05, 4.69) is 4.74 Å². The predicted octanol–water partition coefficient (Wildman–Crippen LogP) is 3.54. The van der Waals surface area contributed by atoms with Crippen LogP contribution in [-0.4, -0.2) is 48.9 Å². The lowest BCUT2D eigenvalue weighted by Gasteiger charge is -2.28. The van der Waals surface area contributed by atoms with Crippen molar-refractivity contribution >= 4 is 25.0 Å². The van der Waals surface area contributed by atoms with Crippen LogP contribution < -0.4 is 4.65 Å². The van der Waals surface area contributed by atoms with Gasteiger partial charge in [0.15, 0.2) is 0 Å². The zero-order valence-corrected chi connectivity index (χ0v) is 17.6. The molecule has 1 aliphatic rings.